The summed E-state index contributed by atoms with van der Waals surface area (Å²) in [7, 11) is -2.32. The van der Waals surface area contributed by atoms with E-state index in [4.69, 9.17) is 9.72 Å². The van der Waals surface area contributed by atoms with E-state index >= 15 is 4.39 Å². The van der Waals surface area contributed by atoms with E-state index < -0.39 is 27.6 Å². The van der Waals surface area contributed by atoms with Crippen molar-refractivity contribution in [3.05, 3.63) is 88.9 Å². The third kappa shape index (κ3) is 7.12. The highest BCUT2D eigenvalue weighted by Crippen LogP contribution is 2.31. The van der Waals surface area contributed by atoms with Crippen LogP contribution in [0.25, 0.3) is 22.4 Å². The third-order valence-electron chi connectivity index (χ3n) is 8.65. The normalized spacial score (nSPS) is 16.5. The minimum absolute atomic E-state index is 0.0357. The molecule has 1 atom stereocenters. The van der Waals surface area contributed by atoms with Gasteiger partial charge in [-0.25, -0.2) is 27.5 Å². The van der Waals surface area contributed by atoms with Crippen LogP contribution in [-0.2, 0) is 23.6 Å². The van der Waals surface area contributed by atoms with Crippen LogP contribution in [0.15, 0.2) is 65.7 Å². The van der Waals surface area contributed by atoms with Gasteiger partial charge >= 0.3 is 0 Å². The average Bonchev–Trinajstić information content (AvgIpc) is 3.36. The van der Waals surface area contributed by atoms with Gasteiger partial charge in [0.2, 0.25) is 11.8 Å². The fourth-order valence-electron chi connectivity index (χ4n) is 6.34. The molecule has 0 unspecified atom stereocenters. The molecule has 49 heavy (non-hydrogen) atoms. The number of hydrogen-bond acceptors (Lipinski definition) is 8. The van der Waals surface area contributed by atoms with E-state index in [1.165, 1.54) is 43.0 Å². The monoisotopic (exact) mass is 685 g/mol. The van der Waals surface area contributed by atoms with Crippen LogP contribution in [0.2, 0.25) is 0 Å². The lowest BCUT2D eigenvalue weighted by Gasteiger charge is -2.34. The number of carbonyl (C=O) groups excluding carboxylic acids is 1. The summed E-state index contributed by atoms with van der Waals surface area (Å²) >= 11 is 0. The lowest BCUT2D eigenvalue weighted by atomic mass is 9.99. The Balaban J connectivity index is 1.50. The molecule has 256 valence electrons. The first-order valence-corrected chi connectivity index (χ1v) is 17.6. The number of halogens is 1. The van der Waals surface area contributed by atoms with E-state index in [1.807, 2.05) is 49.7 Å². The van der Waals surface area contributed by atoms with Crippen molar-refractivity contribution in [1.82, 2.24) is 29.4 Å². The van der Waals surface area contributed by atoms with Gasteiger partial charge in [0, 0.05) is 36.4 Å². The SMILES string of the molecule is Cc1cccc(C)c1-c1cc2nc(n1)NS(=O)(=O)c1cccc(c1)C(=O)N(Cc1cnc3cc(C(C)C)n(C)c3n1)[C@H](CC(C)(C)F)CO2. The number of aryl methyl sites for hydroxylation is 3. The van der Waals surface area contributed by atoms with Gasteiger partial charge in [0.1, 0.15) is 17.8 Å². The Morgan fingerprint density at radius 3 is 2.45 bits per heavy atom. The van der Waals surface area contributed by atoms with Crippen molar-refractivity contribution < 1.29 is 22.3 Å². The molecule has 5 aromatic rings. The van der Waals surface area contributed by atoms with Gasteiger partial charge in [0.05, 0.1) is 35.1 Å². The molecule has 2 aromatic carbocycles. The Labute approximate surface area is 285 Å². The highest BCUT2D eigenvalue weighted by molar-refractivity contribution is 7.92. The van der Waals surface area contributed by atoms with Crippen LogP contribution in [-0.4, -0.2) is 62.0 Å². The zero-order chi connectivity index (χ0) is 35.2. The summed E-state index contributed by atoms with van der Waals surface area (Å²) in [5.74, 6) is -0.400. The molecule has 0 aliphatic carbocycles. The fraction of sp³-hybridized carbons (Fsp3) is 0.361. The Bertz CT molecular complexity index is 2160. The van der Waals surface area contributed by atoms with Gasteiger partial charge in [-0.1, -0.05) is 38.1 Å². The van der Waals surface area contributed by atoms with Gasteiger partial charge in [0.15, 0.2) is 5.65 Å². The molecule has 1 amide bonds. The number of amides is 1. The molecular weight excluding hydrogens is 646 g/mol. The second-order valence-electron chi connectivity index (χ2n) is 13.5. The second-order valence-corrected chi connectivity index (χ2v) is 15.2. The number of ether oxygens (including phenoxy) is 1. The topological polar surface area (TPSA) is 132 Å². The lowest BCUT2D eigenvalue weighted by molar-refractivity contribution is 0.0449. The number of benzene rings is 2. The summed E-state index contributed by atoms with van der Waals surface area (Å²) in [6.07, 6.45) is 1.52. The van der Waals surface area contributed by atoms with Crippen LogP contribution < -0.4 is 9.46 Å². The van der Waals surface area contributed by atoms with E-state index in [0.717, 1.165) is 27.9 Å². The van der Waals surface area contributed by atoms with Gasteiger partial charge < -0.3 is 14.2 Å². The van der Waals surface area contributed by atoms with E-state index in [9.17, 15) is 13.2 Å². The van der Waals surface area contributed by atoms with Gasteiger partial charge in [-0.05, 0) is 69.0 Å². The molecule has 4 bridgehead atoms. The van der Waals surface area contributed by atoms with Crippen molar-refractivity contribution in [1.29, 1.82) is 0 Å². The number of nitrogens with zero attached hydrogens (tertiary/aromatic N) is 6. The lowest BCUT2D eigenvalue weighted by Crippen LogP contribution is -2.46. The molecule has 11 nitrogen and oxygen atoms in total. The summed E-state index contributed by atoms with van der Waals surface area (Å²) in [5.41, 5.74) is 4.42. The number of hydrogen-bond donors (Lipinski definition) is 1. The van der Waals surface area contributed by atoms with Gasteiger partial charge in [0.25, 0.3) is 15.9 Å². The van der Waals surface area contributed by atoms with Gasteiger partial charge in [-0.2, -0.15) is 4.98 Å². The zero-order valence-corrected chi connectivity index (χ0v) is 29.5. The summed E-state index contributed by atoms with van der Waals surface area (Å²) < 4.78 is 53.6. The molecule has 13 heteroatoms. The number of aromatic nitrogens is 5. The highest BCUT2D eigenvalue weighted by Gasteiger charge is 2.33. The molecule has 3 aromatic heterocycles. The van der Waals surface area contributed by atoms with Crippen molar-refractivity contribution in [2.75, 3.05) is 11.3 Å². The largest absolute Gasteiger partial charge is 0.475 e. The number of fused-ring (bicyclic) bond motifs is 5. The van der Waals surface area contributed by atoms with Crippen LogP contribution >= 0.6 is 0 Å². The van der Waals surface area contributed by atoms with Gasteiger partial charge in [-0.15, -0.1) is 0 Å². The molecule has 0 saturated carbocycles. The zero-order valence-electron chi connectivity index (χ0n) is 28.7. The van der Waals surface area contributed by atoms with Crippen LogP contribution in [0.5, 0.6) is 5.88 Å². The average molecular weight is 686 g/mol. The molecule has 0 saturated heterocycles. The molecule has 0 radical (unpaired) electrons. The predicted octanol–water partition coefficient (Wildman–Crippen LogP) is 6.51. The molecule has 0 fully saturated rings. The number of sulfonamides is 1. The molecule has 1 aliphatic rings. The maximum absolute atomic E-state index is 15.5. The standard InChI is InChI=1S/C36H40FN7O4S/c1-21(2)30-15-29-33(43(30)7)39-25(18-38-29)19-44-26(17-36(5,6)37)20-48-31-16-28(32-22(3)10-8-11-23(32)4)40-35(41-31)42-49(46,47)27-13-9-12-24(14-27)34(44)45/h8-16,18,21,26H,17,19-20H2,1-7H3,(H,40,41,42)/t26-/m1/s1. The number of carbonyl (C=O) groups is 1. The number of nitrogens with one attached hydrogen (secondary N) is 1. The number of rotatable bonds is 6. The quantitative estimate of drug-likeness (QED) is 0.214. The fourth-order valence-corrected chi connectivity index (χ4v) is 7.33. The Morgan fingerprint density at radius 1 is 1.04 bits per heavy atom. The molecular formula is C36H40FN7O4S. The Hall–Kier alpha value is -4.91. The molecule has 1 N–H and O–H groups in total. The highest BCUT2D eigenvalue weighted by atomic mass is 32.2. The van der Waals surface area contributed by atoms with Crippen LogP contribution in [0.4, 0.5) is 10.3 Å². The molecule has 4 heterocycles. The van der Waals surface area contributed by atoms with Crippen molar-refractivity contribution in [2.24, 2.45) is 7.05 Å². The van der Waals surface area contributed by atoms with Crippen molar-refractivity contribution in [2.45, 2.75) is 77.0 Å². The number of anilines is 1. The third-order valence-corrected chi connectivity index (χ3v) is 9.97. The summed E-state index contributed by atoms with van der Waals surface area (Å²) in [6, 6.07) is 14.3. The van der Waals surface area contributed by atoms with Crippen molar-refractivity contribution in [3.8, 4) is 17.1 Å². The van der Waals surface area contributed by atoms with Crippen LogP contribution in [0.3, 0.4) is 0 Å². The minimum Gasteiger partial charge on any atom is -0.475 e. The number of alkyl halides is 1. The summed E-state index contributed by atoms with van der Waals surface area (Å²) in [6.45, 7) is 10.8. The van der Waals surface area contributed by atoms with E-state index in [0.29, 0.717) is 17.0 Å². The maximum atomic E-state index is 15.5. The summed E-state index contributed by atoms with van der Waals surface area (Å²) in [4.78, 5) is 34.2. The maximum Gasteiger partial charge on any atom is 0.264 e. The van der Waals surface area contributed by atoms with Gasteiger partial charge in [-0.3, -0.25) is 9.78 Å². The van der Waals surface area contributed by atoms with E-state index in [-0.39, 0.29) is 47.8 Å². The molecule has 0 spiro atoms. The first-order valence-electron chi connectivity index (χ1n) is 16.1. The Morgan fingerprint density at radius 2 is 1.76 bits per heavy atom. The minimum atomic E-state index is -4.24. The Kier molecular flexibility index (Phi) is 8.91. The van der Waals surface area contributed by atoms with Crippen LogP contribution in [0.1, 0.15) is 72.9 Å². The van der Waals surface area contributed by atoms with E-state index in [2.05, 4.69) is 33.5 Å². The predicted molar refractivity (Wildman–Crippen MR) is 186 cm³/mol. The van der Waals surface area contributed by atoms with Crippen molar-refractivity contribution >= 4 is 33.0 Å². The van der Waals surface area contributed by atoms with Crippen LogP contribution in [0, 0.1) is 13.8 Å². The smallest absolute Gasteiger partial charge is 0.264 e. The molecule has 1 aliphatic heterocycles. The first-order chi connectivity index (χ1) is 23.1. The molecule has 6 rings (SSSR count). The summed E-state index contributed by atoms with van der Waals surface area (Å²) in [5, 5.41) is 0. The van der Waals surface area contributed by atoms with E-state index in [1.54, 1.807) is 12.3 Å². The van der Waals surface area contributed by atoms with Crippen molar-refractivity contribution in [3.63, 3.8) is 0 Å². The second kappa shape index (κ2) is 12.8. The first kappa shape index (κ1) is 34.0.